The molecule has 2 rings (SSSR count). The molecule has 29 heavy (non-hydrogen) atoms. The third-order valence-electron chi connectivity index (χ3n) is 3.39. The lowest BCUT2D eigenvalue weighted by Gasteiger charge is -2.27. The molecule has 0 radical (unpaired) electrons. The molecule has 2 aromatic rings. The molecule has 3 N–H and O–H groups in total. The Labute approximate surface area is 186 Å². The van der Waals surface area contributed by atoms with Crippen LogP contribution in [0, 0.1) is 10.1 Å². The maximum atomic E-state index is 12.0. The number of hydrogen-bond donors (Lipinski definition) is 3. The number of carbonyl (C=O) groups is 1. The predicted octanol–water partition coefficient (Wildman–Crippen LogP) is 4.50. The zero-order valence-electron chi connectivity index (χ0n) is 14.6. The summed E-state index contributed by atoms with van der Waals surface area (Å²) < 4.78 is 3.12. The molecule has 0 aliphatic rings. The van der Waals surface area contributed by atoms with Crippen molar-refractivity contribution in [2.45, 2.75) is 16.6 Å². The van der Waals surface area contributed by atoms with Gasteiger partial charge in [0.2, 0.25) is 3.79 Å². The number of alkyl halides is 3. The molecule has 8 nitrogen and oxygen atoms in total. The van der Waals surface area contributed by atoms with Crippen LogP contribution < -0.4 is 16.0 Å². The van der Waals surface area contributed by atoms with Crippen LogP contribution in [0.3, 0.4) is 0 Å². The third kappa shape index (κ3) is 7.90. The maximum Gasteiger partial charge on any atom is 0.409 e. The largest absolute Gasteiger partial charge is 0.445 e. The van der Waals surface area contributed by atoms with Gasteiger partial charge in [-0.15, -0.1) is 0 Å². The molecule has 0 aliphatic heterocycles. The lowest BCUT2D eigenvalue weighted by Crippen LogP contribution is -2.56. The monoisotopic (exact) mass is 476 g/mol. The summed E-state index contributed by atoms with van der Waals surface area (Å²) in [5.41, 5.74) is 0.994. The number of hydrogen-bond acceptors (Lipinski definition) is 5. The van der Waals surface area contributed by atoms with Gasteiger partial charge in [0, 0.05) is 17.8 Å². The Bertz CT molecular complexity index is 880. The van der Waals surface area contributed by atoms with Crippen LogP contribution in [0.25, 0.3) is 0 Å². The number of amides is 1. The molecule has 1 unspecified atom stereocenters. The van der Waals surface area contributed by atoms with Crippen LogP contribution in [0.2, 0.25) is 0 Å². The predicted molar refractivity (Wildman–Crippen MR) is 116 cm³/mol. The van der Waals surface area contributed by atoms with Gasteiger partial charge in [-0.1, -0.05) is 71.2 Å². The van der Waals surface area contributed by atoms with Gasteiger partial charge in [-0.25, -0.2) is 4.79 Å². The van der Waals surface area contributed by atoms with Crippen molar-refractivity contribution in [3.63, 3.8) is 0 Å². The number of nitrogens with one attached hydrogen (secondary N) is 3. The molecule has 154 valence electrons. The molecule has 0 fully saturated rings. The second-order valence-corrected chi connectivity index (χ2v) is 8.36. The molecule has 0 saturated heterocycles. The summed E-state index contributed by atoms with van der Waals surface area (Å²) in [4.78, 5) is 22.3. The van der Waals surface area contributed by atoms with Crippen molar-refractivity contribution in [2.75, 3.05) is 5.32 Å². The maximum absolute atomic E-state index is 12.0. The molecule has 0 heterocycles. The van der Waals surface area contributed by atoms with E-state index >= 15 is 0 Å². The van der Waals surface area contributed by atoms with Crippen molar-refractivity contribution in [2.24, 2.45) is 0 Å². The van der Waals surface area contributed by atoms with Crippen molar-refractivity contribution in [3.8, 4) is 0 Å². The van der Waals surface area contributed by atoms with Crippen molar-refractivity contribution in [1.82, 2.24) is 10.6 Å². The summed E-state index contributed by atoms with van der Waals surface area (Å²) >= 11 is 22.8. The fourth-order valence-electron chi connectivity index (χ4n) is 2.08. The Morgan fingerprint density at radius 2 is 1.83 bits per heavy atom. The number of rotatable bonds is 6. The molecule has 0 saturated carbocycles. The highest BCUT2D eigenvalue weighted by molar-refractivity contribution is 7.80. The van der Waals surface area contributed by atoms with Crippen LogP contribution in [-0.2, 0) is 11.3 Å². The molecule has 1 atom stereocenters. The van der Waals surface area contributed by atoms with E-state index < -0.39 is 21.0 Å². The summed E-state index contributed by atoms with van der Waals surface area (Å²) in [5.74, 6) is 0. The number of nitrogens with zero attached hydrogens (tertiary/aromatic N) is 1. The zero-order valence-corrected chi connectivity index (χ0v) is 17.7. The lowest BCUT2D eigenvalue weighted by molar-refractivity contribution is -0.384. The number of ether oxygens (including phenoxy) is 1. The smallest absolute Gasteiger partial charge is 0.409 e. The molecule has 0 spiro atoms. The minimum atomic E-state index is -1.97. The van der Waals surface area contributed by atoms with Crippen molar-refractivity contribution in [3.05, 3.63) is 70.3 Å². The Morgan fingerprint density at radius 1 is 1.14 bits per heavy atom. The summed E-state index contributed by atoms with van der Waals surface area (Å²) in [6.07, 6.45) is -2.08. The van der Waals surface area contributed by atoms with Crippen molar-refractivity contribution < 1.29 is 14.5 Å². The summed E-state index contributed by atoms with van der Waals surface area (Å²) in [7, 11) is 0. The van der Waals surface area contributed by atoms with Gasteiger partial charge in [0.15, 0.2) is 11.3 Å². The first-order chi connectivity index (χ1) is 13.6. The highest BCUT2D eigenvalue weighted by Crippen LogP contribution is 2.29. The van der Waals surface area contributed by atoms with Crippen LogP contribution >= 0.6 is 47.0 Å². The van der Waals surface area contributed by atoms with Gasteiger partial charge in [-0.05, 0) is 23.8 Å². The first kappa shape index (κ1) is 23.0. The second kappa shape index (κ2) is 10.4. The molecule has 1 amide bonds. The average molecular weight is 478 g/mol. The van der Waals surface area contributed by atoms with E-state index in [1.807, 2.05) is 6.07 Å². The number of nitro groups is 1. The van der Waals surface area contributed by atoms with E-state index in [1.54, 1.807) is 30.3 Å². The van der Waals surface area contributed by atoms with E-state index in [1.165, 1.54) is 18.2 Å². The fourth-order valence-corrected chi connectivity index (χ4v) is 2.64. The van der Waals surface area contributed by atoms with Gasteiger partial charge < -0.3 is 15.4 Å². The average Bonchev–Trinajstić information content (AvgIpc) is 2.66. The Morgan fingerprint density at radius 3 is 2.45 bits per heavy atom. The summed E-state index contributed by atoms with van der Waals surface area (Å²) in [6, 6.07) is 14.7. The third-order valence-corrected chi connectivity index (χ3v) is 4.27. The molecular weight excluding hydrogens is 463 g/mol. The number of nitro benzene ring substituents is 1. The van der Waals surface area contributed by atoms with Crippen LogP contribution in [0.4, 0.5) is 16.2 Å². The molecule has 0 aliphatic carbocycles. The first-order valence-corrected chi connectivity index (χ1v) is 9.55. The van der Waals surface area contributed by atoms with E-state index in [2.05, 4.69) is 16.0 Å². The second-order valence-electron chi connectivity index (χ2n) is 5.59. The van der Waals surface area contributed by atoms with Gasteiger partial charge in [0.25, 0.3) is 5.69 Å². The number of alkyl carbamates (subject to hydrolysis) is 1. The van der Waals surface area contributed by atoms with Crippen LogP contribution in [0.1, 0.15) is 5.56 Å². The Kier molecular flexibility index (Phi) is 8.27. The molecule has 2 aromatic carbocycles. The van der Waals surface area contributed by atoms with Gasteiger partial charge in [-0.3, -0.25) is 15.4 Å². The Hall–Kier alpha value is -2.33. The molecule has 12 heteroatoms. The highest BCUT2D eigenvalue weighted by Gasteiger charge is 2.35. The van der Waals surface area contributed by atoms with Crippen LogP contribution in [0.5, 0.6) is 0 Å². The van der Waals surface area contributed by atoms with Crippen molar-refractivity contribution in [1.29, 1.82) is 0 Å². The SMILES string of the molecule is O=C(NC(NC(=S)Nc1cccc([N+](=O)[O-])c1)C(Cl)(Cl)Cl)OCc1ccccc1. The summed E-state index contributed by atoms with van der Waals surface area (Å²) in [5, 5.41) is 18.5. The van der Waals surface area contributed by atoms with Gasteiger partial charge in [0.05, 0.1) is 4.92 Å². The van der Waals surface area contributed by atoms with E-state index in [0.717, 1.165) is 5.56 Å². The van der Waals surface area contributed by atoms with Gasteiger partial charge in [-0.2, -0.15) is 0 Å². The Balaban J connectivity index is 1.95. The standard InChI is InChI=1S/C17H15Cl3N4O4S/c18-17(19,20)14(23-16(25)28-10-11-5-2-1-3-6-11)22-15(29)21-12-7-4-8-13(9-12)24(26)27/h1-9,14H,10H2,(H,23,25)(H2,21,22,29). The lowest BCUT2D eigenvalue weighted by atomic mass is 10.2. The minimum absolute atomic E-state index is 0.0234. The van der Waals surface area contributed by atoms with E-state index in [4.69, 9.17) is 51.8 Å². The van der Waals surface area contributed by atoms with Crippen LogP contribution in [0.15, 0.2) is 54.6 Å². The summed E-state index contributed by atoms with van der Waals surface area (Å²) in [6.45, 7) is 0.0234. The van der Waals surface area contributed by atoms with Gasteiger partial charge >= 0.3 is 6.09 Å². The number of benzene rings is 2. The molecular formula is C17H15Cl3N4O4S. The fraction of sp³-hybridized carbons (Fsp3) is 0.176. The minimum Gasteiger partial charge on any atom is -0.445 e. The van der Waals surface area contributed by atoms with Crippen LogP contribution in [-0.4, -0.2) is 26.1 Å². The highest BCUT2D eigenvalue weighted by atomic mass is 35.6. The van der Waals surface area contributed by atoms with E-state index in [-0.39, 0.29) is 17.4 Å². The quantitative estimate of drug-likeness (QED) is 0.185. The van der Waals surface area contributed by atoms with Crippen molar-refractivity contribution >= 4 is 69.6 Å². The van der Waals surface area contributed by atoms with Gasteiger partial charge in [0.1, 0.15) is 6.61 Å². The number of halogens is 3. The number of carbonyl (C=O) groups excluding carboxylic acids is 1. The first-order valence-electron chi connectivity index (χ1n) is 8.01. The zero-order chi connectivity index (χ0) is 21.4. The molecule has 0 aromatic heterocycles. The topological polar surface area (TPSA) is 106 Å². The molecule has 0 bridgehead atoms. The number of thiocarbonyl (C=S) groups is 1. The number of non-ortho nitro benzene ring substituents is 1. The van der Waals surface area contributed by atoms with E-state index in [9.17, 15) is 14.9 Å². The number of anilines is 1. The van der Waals surface area contributed by atoms with E-state index in [0.29, 0.717) is 5.69 Å². The normalized spacial score (nSPS) is 11.8.